The average molecular weight is 418 g/mol. The molecule has 0 radical (unpaired) electrons. The number of piperidine rings is 1. The first-order valence-corrected chi connectivity index (χ1v) is 10.0. The zero-order valence-electron chi connectivity index (χ0n) is 14.5. The first-order valence-electron chi connectivity index (χ1n) is 8.53. The maximum absolute atomic E-state index is 12.4. The van der Waals surface area contributed by atoms with E-state index in [0.29, 0.717) is 37.4 Å². The molecule has 152 valence electrons. The van der Waals surface area contributed by atoms with Crippen LogP contribution in [0.4, 0.5) is 13.2 Å². The highest BCUT2D eigenvalue weighted by molar-refractivity contribution is 7.86. The quantitative estimate of drug-likeness (QED) is 0.816. The fraction of sp³-hybridized carbons (Fsp3) is 0.500. The lowest BCUT2D eigenvalue weighted by atomic mass is 9.92. The molecular weight excluding hydrogens is 401 g/mol. The van der Waals surface area contributed by atoms with E-state index in [4.69, 9.17) is 9.56 Å². The van der Waals surface area contributed by atoms with E-state index in [1.165, 1.54) is 22.5 Å². The van der Waals surface area contributed by atoms with Gasteiger partial charge < -0.3 is 9.15 Å². The lowest BCUT2D eigenvalue weighted by Crippen LogP contribution is -2.43. The Kier molecular flexibility index (Phi) is 4.39. The maximum atomic E-state index is 12.4. The van der Waals surface area contributed by atoms with E-state index >= 15 is 0 Å². The van der Waals surface area contributed by atoms with Crippen LogP contribution in [0.2, 0.25) is 0 Å². The SMILES string of the molecule is NS(=O)(=O)N1CCC2(CC1)C[C@H]2c1nnc(-c2cccc(OC(F)(F)F)c2)o1. The van der Waals surface area contributed by atoms with Crippen LogP contribution in [0.25, 0.3) is 11.5 Å². The molecule has 4 rings (SSSR count). The summed E-state index contributed by atoms with van der Waals surface area (Å²) in [7, 11) is -3.69. The third-order valence-corrected chi connectivity index (χ3v) is 6.41. The van der Waals surface area contributed by atoms with E-state index in [2.05, 4.69) is 14.9 Å². The van der Waals surface area contributed by atoms with Crippen molar-refractivity contribution >= 4 is 10.2 Å². The molecule has 2 fully saturated rings. The molecule has 0 unspecified atom stereocenters. The summed E-state index contributed by atoms with van der Waals surface area (Å²) in [6.07, 6.45) is -2.71. The van der Waals surface area contributed by atoms with Crippen LogP contribution in [0.3, 0.4) is 0 Å². The molecule has 2 aliphatic rings. The largest absolute Gasteiger partial charge is 0.573 e. The summed E-state index contributed by atoms with van der Waals surface area (Å²) < 4.78 is 70.8. The Morgan fingerprint density at radius 2 is 1.96 bits per heavy atom. The zero-order valence-corrected chi connectivity index (χ0v) is 15.3. The molecule has 2 N–H and O–H groups in total. The molecule has 1 saturated heterocycles. The van der Waals surface area contributed by atoms with Crippen LogP contribution in [0, 0.1) is 5.41 Å². The van der Waals surface area contributed by atoms with Crippen LogP contribution in [0.5, 0.6) is 5.75 Å². The van der Waals surface area contributed by atoms with E-state index < -0.39 is 16.6 Å². The van der Waals surface area contributed by atoms with Crippen LogP contribution in [0.1, 0.15) is 31.1 Å². The van der Waals surface area contributed by atoms with E-state index in [1.54, 1.807) is 6.07 Å². The molecule has 1 aromatic carbocycles. The lowest BCUT2D eigenvalue weighted by Gasteiger charge is -2.30. The minimum absolute atomic E-state index is 0.00554. The van der Waals surface area contributed by atoms with Crippen LogP contribution in [-0.2, 0) is 10.2 Å². The second-order valence-electron chi connectivity index (χ2n) is 7.08. The van der Waals surface area contributed by atoms with Gasteiger partial charge in [-0.3, -0.25) is 0 Å². The van der Waals surface area contributed by atoms with Gasteiger partial charge in [0.1, 0.15) is 5.75 Å². The summed E-state index contributed by atoms with van der Waals surface area (Å²) in [6, 6.07) is 5.32. The monoisotopic (exact) mass is 418 g/mol. The minimum atomic E-state index is -4.79. The van der Waals surface area contributed by atoms with Gasteiger partial charge in [-0.2, -0.15) is 12.7 Å². The van der Waals surface area contributed by atoms with Crippen molar-refractivity contribution in [3.05, 3.63) is 30.2 Å². The summed E-state index contributed by atoms with van der Waals surface area (Å²) in [6.45, 7) is 0.681. The Hall–Kier alpha value is -2.18. The molecular formula is C16H17F3N4O4S. The molecule has 2 aromatic rings. The highest BCUT2D eigenvalue weighted by Crippen LogP contribution is 2.64. The lowest BCUT2D eigenvalue weighted by molar-refractivity contribution is -0.274. The van der Waals surface area contributed by atoms with Gasteiger partial charge in [0.25, 0.3) is 10.2 Å². The van der Waals surface area contributed by atoms with Crippen LogP contribution in [-0.4, -0.2) is 42.4 Å². The Balaban J connectivity index is 1.46. The molecule has 28 heavy (non-hydrogen) atoms. The first kappa shape index (κ1) is 19.2. The van der Waals surface area contributed by atoms with Crippen molar-refractivity contribution in [1.29, 1.82) is 0 Å². The van der Waals surface area contributed by atoms with Gasteiger partial charge >= 0.3 is 6.36 Å². The number of halogens is 3. The fourth-order valence-electron chi connectivity index (χ4n) is 3.75. The predicted molar refractivity (Wildman–Crippen MR) is 90.1 cm³/mol. The molecule has 1 aromatic heterocycles. The van der Waals surface area contributed by atoms with Gasteiger partial charge in [0.2, 0.25) is 11.8 Å². The molecule has 2 heterocycles. The zero-order chi connectivity index (χ0) is 20.2. The third kappa shape index (κ3) is 3.84. The Labute approximate surface area is 158 Å². The molecule has 1 atom stereocenters. The number of alkyl halides is 3. The topological polar surface area (TPSA) is 112 Å². The summed E-state index contributed by atoms with van der Waals surface area (Å²) >= 11 is 0. The van der Waals surface area contributed by atoms with Crippen molar-refractivity contribution in [2.24, 2.45) is 10.6 Å². The standard InChI is InChI=1S/C16H17F3N4O4S/c17-16(18,19)27-11-3-1-2-10(8-11)13-21-22-14(26-13)12-9-15(12)4-6-23(7-5-15)28(20,24)25/h1-3,8,12H,4-7,9H2,(H2,20,24,25)/t12-/m0/s1. The molecule has 12 heteroatoms. The minimum Gasteiger partial charge on any atom is -0.420 e. The second-order valence-corrected chi connectivity index (χ2v) is 8.63. The highest BCUT2D eigenvalue weighted by Gasteiger charge is 2.58. The van der Waals surface area contributed by atoms with E-state index in [1.807, 2.05) is 0 Å². The fourth-order valence-corrected chi connectivity index (χ4v) is 4.45. The maximum Gasteiger partial charge on any atom is 0.573 e. The van der Waals surface area contributed by atoms with Crippen molar-refractivity contribution in [3.8, 4) is 17.2 Å². The number of rotatable bonds is 4. The van der Waals surface area contributed by atoms with Gasteiger partial charge in [-0.1, -0.05) is 6.07 Å². The summed E-state index contributed by atoms with van der Waals surface area (Å²) in [5.74, 6) is 0.141. The van der Waals surface area contributed by atoms with Crippen molar-refractivity contribution < 1.29 is 30.7 Å². The van der Waals surface area contributed by atoms with Gasteiger partial charge in [-0.15, -0.1) is 23.4 Å². The van der Waals surface area contributed by atoms with Crippen LogP contribution < -0.4 is 9.88 Å². The predicted octanol–water partition coefficient (Wildman–Crippen LogP) is 2.41. The summed E-state index contributed by atoms with van der Waals surface area (Å²) in [5, 5.41) is 13.1. The molecule has 1 aliphatic carbocycles. The summed E-state index contributed by atoms with van der Waals surface area (Å²) in [5.41, 5.74) is 0.228. The van der Waals surface area contributed by atoms with Gasteiger partial charge in [0.05, 0.1) is 0 Å². The molecule has 0 bridgehead atoms. The second kappa shape index (κ2) is 6.42. The Bertz CT molecular complexity index is 984. The van der Waals surface area contributed by atoms with Crippen molar-refractivity contribution in [2.75, 3.05) is 13.1 Å². The van der Waals surface area contributed by atoms with Gasteiger partial charge in [0, 0.05) is 24.6 Å². The normalized spacial score (nSPS) is 22.4. The molecule has 0 amide bonds. The van der Waals surface area contributed by atoms with E-state index in [9.17, 15) is 21.6 Å². The van der Waals surface area contributed by atoms with E-state index in [0.717, 1.165) is 6.42 Å². The van der Waals surface area contributed by atoms with Crippen molar-refractivity contribution in [2.45, 2.75) is 31.5 Å². The number of benzene rings is 1. The number of hydrogen-bond acceptors (Lipinski definition) is 6. The van der Waals surface area contributed by atoms with E-state index in [-0.39, 0.29) is 23.0 Å². The Morgan fingerprint density at radius 1 is 1.25 bits per heavy atom. The average Bonchev–Trinajstić information content (AvgIpc) is 3.06. The highest BCUT2D eigenvalue weighted by atomic mass is 32.2. The van der Waals surface area contributed by atoms with Crippen LogP contribution in [0.15, 0.2) is 28.7 Å². The Morgan fingerprint density at radius 3 is 2.61 bits per heavy atom. The molecule has 1 saturated carbocycles. The van der Waals surface area contributed by atoms with Gasteiger partial charge in [-0.05, 0) is 42.9 Å². The first-order chi connectivity index (χ1) is 13.1. The number of nitrogens with two attached hydrogens (primary N) is 1. The summed E-state index contributed by atoms with van der Waals surface area (Å²) in [4.78, 5) is 0. The molecule has 1 spiro atoms. The van der Waals surface area contributed by atoms with Crippen molar-refractivity contribution in [3.63, 3.8) is 0 Å². The molecule has 8 nitrogen and oxygen atoms in total. The van der Waals surface area contributed by atoms with Gasteiger partial charge in [-0.25, -0.2) is 5.14 Å². The number of hydrogen-bond donors (Lipinski definition) is 1. The molecule has 1 aliphatic heterocycles. The third-order valence-electron chi connectivity index (χ3n) is 5.32. The van der Waals surface area contributed by atoms with Gasteiger partial charge in [0.15, 0.2) is 0 Å². The van der Waals surface area contributed by atoms with Crippen LogP contribution >= 0.6 is 0 Å². The van der Waals surface area contributed by atoms with Crippen molar-refractivity contribution in [1.82, 2.24) is 14.5 Å². The number of ether oxygens (including phenoxy) is 1. The number of nitrogens with zero attached hydrogens (tertiary/aromatic N) is 3. The number of aromatic nitrogens is 2. The smallest absolute Gasteiger partial charge is 0.420 e.